The summed E-state index contributed by atoms with van der Waals surface area (Å²) in [5.74, 6) is 2.28. The van der Waals surface area contributed by atoms with Crippen LogP contribution in [0, 0.1) is 0 Å². The number of carbonyl (C=O) groups excluding carboxylic acids is 1. The highest BCUT2D eigenvalue weighted by Crippen LogP contribution is 2.47. The van der Waals surface area contributed by atoms with Gasteiger partial charge in [-0.1, -0.05) is 24.3 Å². The highest BCUT2D eigenvalue weighted by Gasteiger charge is 2.25. The zero-order valence-electron chi connectivity index (χ0n) is 18.5. The number of ether oxygens (including phenoxy) is 2. The average molecular weight is 447 g/mol. The van der Waals surface area contributed by atoms with Crippen LogP contribution in [0.3, 0.4) is 0 Å². The molecule has 0 fully saturated rings. The first-order valence-corrected chi connectivity index (χ1v) is 15.4. The van der Waals surface area contributed by atoms with E-state index >= 15 is 0 Å². The Hall–Kier alpha value is -1.59. The first kappa shape index (κ1) is 21.6. The Balaban J connectivity index is 1.48. The maximum Gasteiger partial charge on any atom is 0.141 e. The van der Waals surface area contributed by atoms with E-state index in [0.717, 1.165) is 48.7 Å². The molecule has 2 unspecified atom stereocenters. The molecule has 0 saturated carbocycles. The third-order valence-corrected chi connectivity index (χ3v) is 9.78. The molecule has 0 radical (unpaired) electrons. The Kier molecular flexibility index (Phi) is 6.69. The van der Waals surface area contributed by atoms with Crippen molar-refractivity contribution in [2.45, 2.75) is 36.2 Å². The molecule has 0 saturated heterocycles. The Bertz CT molecular complexity index is 849. The molecular formula is C25H34O3S2. The number of benzene rings is 2. The first-order chi connectivity index (χ1) is 14.4. The number of rotatable bonds is 6. The molecule has 2 aromatic rings. The van der Waals surface area contributed by atoms with Gasteiger partial charge in [-0.15, -0.1) is 0 Å². The highest BCUT2D eigenvalue weighted by atomic mass is 32.2. The Morgan fingerprint density at radius 3 is 1.63 bits per heavy atom. The zero-order valence-corrected chi connectivity index (χ0v) is 20.3. The van der Waals surface area contributed by atoms with Gasteiger partial charge in [0.25, 0.3) is 0 Å². The van der Waals surface area contributed by atoms with Gasteiger partial charge in [0.1, 0.15) is 17.3 Å². The lowest BCUT2D eigenvalue weighted by atomic mass is 9.96. The smallest absolute Gasteiger partial charge is 0.141 e. The summed E-state index contributed by atoms with van der Waals surface area (Å²) in [7, 11) is -0.136. The van der Waals surface area contributed by atoms with E-state index in [0.29, 0.717) is 23.3 Å². The monoisotopic (exact) mass is 446 g/mol. The summed E-state index contributed by atoms with van der Waals surface area (Å²) < 4.78 is 11.7. The van der Waals surface area contributed by atoms with Crippen LogP contribution in [0.15, 0.2) is 36.4 Å². The van der Waals surface area contributed by atoms with Gasteiger partial charge in [0.2, 0.25) is 0 Å². The van der Waals surface area contributed by atoms with Crippen LogP contribution in [-0.2, 0) is 17.6 Å². The van der Waals surface area contributed by atoms with Gasteiger partial charge in [0.05, 0.1) is 13.2 Å². The van der Waals surface area contributed by atoms with E-state index in [9.17, 15) is 4.79 Å². The number of carbonyl (C=O) groups is 1. The summed E-state index contributed by atoms with van der Waals surface area (Å²) in [6, 6.07) is 12.7. The molecule has 2 aliphatic heterocycles. The third-order valence-electron chi connectivity index (χ3n) is 6.21. The van der Waals surface area contributed by atoms with Crippen LogP contribution in [0.1, 0.15) is 45.6 Å². The average Bonchev–Trinajstić information content (AvgIpc) is 2.72. The van der Waals surface area contributed by atoms with Crippen LogP contribution in [-0.4, -0.2) is 44.0 Å². The van der Waals surface area contributed by atoms with Gasteiger partial charge >= 0.3 is 0 Å². The fraction of sp³-hybridized carbons (Fsp3) is 0.480. The lowest BCUT2D eigenvalue weighted by molar-refractivity contribution is -0.117. The number of fused-ring (bicyclic) bond motifs is 2. The molecule has 3 nitrogen and oxygen atoms in total. The Morgan fingerprint density at radius 2 is 1.23 bits per heavy atom. The normalized spacial score (nSPS) is 20.9. The van der Waals surface area contributed by atoms with E-state index in [2.05, 4.69) is 61.4 Å². The maximum atomic E-state index is 12.9. The second-order valence-electron chi connectivity index (χ2n) is 8.87. The third kappa shape index (κ3) is 4.67. The van der Waals surface area contributed by atoms with Gasteiger partial charge < -0.3 is 9.47 Å². The maximum absolute atomic E-state index is 12.9. The van der Waals surface area contributed by atoms with Gasteiger partial charge in [-0.3, -0.25) is 26.6 Å². The fourth-order valence-electron chi connectivity index (χ4n) is 4.66. The summed E-state index contributed by atoms with van der Waals surface area (Å²) in [4.78, 5) is 12.9. The van der Waals surface area contributed by atoms with E-state index in [1.54, 1.807) is 0 Å². The molecular weight excluding hydrogens is 412 g/mol. The molecule has 0 spiro atoms. The molecule has 0 aromatic heterocycles. The summed E-state index contributed by atoms with van der Waals surface area (Å²) in [5.41, 5.74) is 4.82. The SMILES string of the molecule is C[SH](C)C1CCOc2ccc(CC(=O)Cc3ccc4c(c3)C([SH](C)C)CCO4)cc21. The van der Waals surface area contributed by atoms with Crippen LogP contribution >= 0.6 is 21.8 Å². The minimum atomic E-state index is -0.0679. The molecule has 0 bridgehead atoms. The summed E-state index contributed by atoms with van der Waals surface area (Å²) in [5, 5.41) is 1.16. The molecule has 164 valence electrons. The number of hydrogen-bond donors (Lipinski definition) is 2. The molecule has 2 aromatic carbocycles. The predicted molar refractivity (Wildman–Crippen MR) is 133 cm³/mol. The Labute approximate surface area is 186 Å². The molecule has 2 aliphatic rings. The van der Waals surface area contributed by atoms with Crippen molar-refractivity contribution in [3.05, 3.63) is 58.7 Å². The number of thiol groups is 2. The van der Waals surface area contributed by atoms with Crippen molar-refractivity contribution in [3.63, 3.8) is 0 Å². The van der Waals surface area contributed by atoms with Crippen molar-refractivity contribution in [2.75, 3.05) is 38.2 Å². The van der Waals surface area contributed by atoms with Gasteiger partial charge in [-0.2, -0.15) is 0 Å². The first-order valence-electron chi connectivity index (χ1n) is 10.8. The largest absolute Gasteiger partial charge is 0.493 e. The van der Waals surface area contributed by atoms with Gasteiger partial charge in [-0.25, -0.2) is 0 Å². The minimum absolute atomic E-state index is 0.0679. The lowest BCUT2D eigenvalue weighted by Crippen LogP contribution is -2.16. The van der Waals surface area contributed by atoms with Crippen molar-refractivity contribution >= 4 is 27.6 Å². The van der Waals surface area contributed by atoms with Crippen LogP contribution in [0.5, 0.6) is 11.5 Å². The molecule has 5 heteroatoms. The van der Waals surface area contributed by atoms with E-state index in [4.69, 9.17) is 9.47 Å². The van der Waals surface area contributed by atoms with Crippen molar-refractivity contribution in [1.82, 2.24) is 0 Å². The van der Waals surface area contributed by atoms with E-state index in [1.807, 2.05) is 0 Å². The van der Waals surface area contributed by atoms with Crippen LogP contribution in [0.4, 0.5) is 0 Å². The van der Waals surface area contributed by atoms with Crippen LogP contribution in [0.2, 0.25) is 0 Å². The van der Waals surface area contributed by atoms with Crippen molar-refractivity contribution < 1.29 is 14.3 Å². The molecule has 2 atom stereocenters. The molecule has 0 N–H and O–H groups in total. The molecule has 4 rings (SSSR count). The quantitative estimate of drug-likeness (QED) is 0.598. The van der Waals surface area contributed by atoms with Crippen molar-refractivity contribution in [3.8, 4) is 11.5 Å². The number of Topliss-reactive ketones (excluding diaryl/α,β-unsaturated/α-hetero) is 1. The minimum Gasteiger partial charge on any atom is -0.493 e. The van der Waals surface area contributed by atoms with E-state index in [1.165, 1.54) is 11.1 Å². The second kappa shape index (κ2) is 9.27. The Morgan fingerprint density at radius 1 is 0.800 bits per heavy atom. The molecule has 0 amide bonds. The van der Waals surface area contributed by atoms with E-state index < -0.39 is 0 Å². The summed E-state index contributed by atoms with van der Waals surface area (Å²) in [6.45, 7) is 1.61. The van der Waals surface area contributed by atoms with Crippen LogP contribution < -0.4 is 9.47 Å². The number of ketones is 1. The second-order valence-corrected chi connectivity index (χ2v) is 14.0. The summed E-state index contributed by atoms with van der Waals surface area (Å²) >= 11 is 0. The molecule has 0 aliphatic carbocycles. The van der Waals surface area contributed by atoms with Crippen molar-refractivity contribution in [1.29, 1.82) is 0 Å². The van der Waals surface area contributed by atoms with Crippen LogP contribution in [0.25, 0.3) is 0 Å². The molecule has 30 heavy (non-hydrogen) atoms. The zero-order chi connectivity index (χ0) is 21.3. The summed E-state index contributed by atoms with van der Waals surface area (Å²) in [6.07, 6.45) is 12.5. The predicted octanol–water partition coefficient (Wildman–Crippen LogP) is 5.21. The van der Waals surface area contributed by atoms with Gasteiger partial charge in [0.15, 0.2) is 0 Å². The van der Waals surface area contributed by atoms with Crippen molar-refractivity contribution in [2.24, 2.45) is 0 Å². The fourth-order valence-corrected chi connectivity index (χ4v) is 7.42. The molecule has 2 heterocycles. The highest BCUT2D eigenvalue weighted by molar-refractivity contribution is 8.16. The van der Waals surface area contributed by atoms with Gasteiger partial charge in [0, 0.05) is 34.5 Å². The number of hydrogen-bond acceptors (Lipinski definition) is 3. The van der Waals surface area contributed by atoms with E-state index in [-0.39, 0.29) is 27.6 Å². The lowest BCUT2D eigenvalue weighted by Gasteiger charge is -2.31. The standard InChI is InChI=1S/C25H34O3S2/c1-29(2)24-9-11-27-22-7-5-17(15-20(22)24)13-19(26)14-18-6-8-23-21(16-18)25(30(3)4)10-12-28-23/h5-8,15-16,24-25,29-30H,9-14H2,1-4H3. The topological polar surface area (TPSA) is 35.5 Å². The van der Waals surface area contributed by atoms with Gasteiger partial charge in [-0.05, 0) is 61.1 Å².